The first-order chi connectivity index (χ1) is 10.5. The summed E-state index contributed by atoms with van der Waals surface area (Å²) in [6.45, 7) is 2.41. The Hall–Kier alpha value is -2.20. The van der Waals surface area contributed by atoms with Crippen molar-refractivity contribution in [3.05, 3.63) is 53.1 Å². The highest BCUT2D eigenvalue weighted by atomic mass is 35.5. The molecule has 0 aliphatic carbocycles. The van der Waals surface area contributed by atoms with Crippen LogP contribution in [0.4, 0.5) is 11.4 Å². The van der Waals surface area contributed by atoms with Gasteiger partial charge in [-0.3, -0.25) is 4.79 Å². The molecule has 4 nitrogen and oxygen atoms in total. The zero-order valence-corrected chi connectivity index (χ0v) is 13.6. The fraction of sp³-hybridized carbons (Fsp3) is 0.235. The van der Waals surface area contributed by atoms with Crippen LogP contribution in [0, 0.1) is 0 Å². The number of nitrogens with zero attached hydrogens (tertiary/aromatic N) is 1. The third-order valence-electron chi connectivity index (χ3n) is 3.14. The molecule has 22 heavy (non-hydrogen) atoms. The molecular formula is C17H19ClN2O2. The maximum atomic E-state index is 12.2. The first-order valence-electron chi connectivity index (χ1n) is 7.02. The lowest BCUT2D eigenvalue weighted by Crippen LogP contribution is -2.12. The molecule has 1 N–H and O–H groups in total. The number of carbonyl (C=O) groups excluding carboxylic acids is 1. The molecule has 0 fully saturated rings. The average molecular weight is 319 g/mol. The predicted molar refractivity (Wildman–Crippen MR) is 91.3 cm³/mol. The molecule has 1 amide bonds. The summed E-state index contributed by atoms with van der Waals surface area (Å²) in [6.07, 6.45) is 0. The van der Waals surface area contributed by atoms with Crippen molar-refractivity contribution < 1.29 is 9.53 Å². The summed E-state index contributed by atoms with van der Waals surface area (Å²) in [5, 5.41) is 3.27. The number of halogens is 1. The fourth-order valence-electron chi connectivity index (χ4n) is 1.96. The van der Waals surface area contributed by atoms with Crippen molar-refractivity contribution in [3.8, 4) is 5.75 Å². The second-order valence-electron chi connectivity index (χ2n) is 4.97. The van der Waals surface area contributed by atoms with Crippen LogP contribution >= 0.6 is 11.6 Å². The van der Waals surface area contributed by atoms with Gasteiger partial charge in [0.1, 0.15) is 5.75 Å². The monoisotopic (exact) mass is 318 g/mol. The number of anilines is 2. The highest BCUT2D eigenvalue weighted by Gasteiger charge is 2.10. The van der Waals surface area contributed by atoms with Crippen molar-refractivity contribution in [3.63, 3.8) is 0 Å². The standard InChI is InChI=1S/C17H19ClN2O2/c1-4-22-16-10-5-12(11-15(16)18)17(21)19-13-6-8-14(9-7-13)20(2)3/h5-11H,4H2,1-3H3,(H,19,21). The van der Waals surface area contributed by atoms with Crippen molar-refractivity contribution in [1.29, 1.82) is 0 Å². The average Bonchev–Trinajstić information content (AvgIpc) is 2.50. The Morgan fingerprint density at radius 3 is 2.41 bits per heavy atom. The third kappa shape index (κ3) is 3.92. The molecule has 0 saturated carbocycles. The Kier molecular flexibility index (Phi) is 5.28. The minimum Gasteiger partial charge on any atom is -0.492 e. The quantitative estimate of drug-likeness (QED) is 0.904. The molecule has 0 spiro atoms. The molecule has 0 radical (unpaired) electrons. The van der Waals surface area contributed by atoms with Crippen LogP contribution in [-0.4, -0.2) is 26.6 Å². The number of nitrogens with one attached hydrogen (secondary N) is 1. The zero-order chi connectivity index (χ0) is 16.1. The van der Waals surface area contributed by atoms with Gasteiger partial charge in [-0.25, -0.2) is 0 Å². The van der Waals surface area contributed by atoms with Crippen LogP contribution in [0.15, 0.2) is 42.5 Å². The summed E-state index contributed by atoms with van der Waals surface area (Å²) in [7, 11) is 3.94. The molecular weight excluding hydrogens is 300 g/mol. The van der Waals surface area contributed by atoms with Crippen LogP contribution < -0.4 is 15.0 Å². The molecule has 0 bridgehead atoms. The van der Waals surface area contributed by atoms with Gasteiger partial charge in [0, 0.05) is 31.0 Å². The summed E-state index contributed by atoms with van der Waals surface area (Å²) in [5.74, 6) is 0.374. The third-order valence-corrected chi connectivity index (χ3v) is 3.43. The molecule has 116 valence electrons. The lowest BCUT2D eigenvalue weighted by Gasteiger charge is -2.13. The van der Waals surface area contributed by atoms with Crippen LogP contribution in [0.3, 0.4) is 0 Å². The lowest BCUT2D eigenvalue weighted by atomic mass is 10.2. The highest BCUT2D eigenvalue weighted by molar-refractivity contribution is 6.32. The number of benzene rings is 2. The van der Waals surface area contributed by atoms with Gasteiger partial charge in [-0.2, -0.15) is 0 Å². The van der Waals surface area contributed by atoms with E-state index >= 15 is 0 Å². The molecule has 2 aromatic carbocycles. The van der Waals surface area contributed by atoms with Gasteiger partial charge in [-0.1, -0.05) is 11.6 Å². The number of hydrogen-bond acceptors (Lipinski definition) is 3. The van der Waals surface area contributed by atoms with Crippen molar-refractivity contribution in [2.45, 2.75) is 6.92 Å². The lowest BCUT2D eigenvalue weighted by molar-refractivity contribution is 0.102. The summed E-state index contributed by atoms with van der Waals surface area (Å²) in [5.41, 5.74) is 2.30. The van der Waals surface area contributed by atoms with E-state index < -0.39 is 0 Å². The Morgan fingerprint density at radius 1 is 1.18 bits per heavy atom. The molecule has 0 unspecified atom stereocenters. The second kappa shape index (κ2) is 7.18. The van der Waals surface area contributed by atoms with Gasteiger partial charge in [0.15, 0.2) is 0 Å². The van der Waals surface area contributed by atoms with E-state index in [2.05, 4.69) is 5.32 Å². The van der Waals surface area contributed by atoms with Gasteiger partial charge in [0.2, 0.25) is 0 Å². The van der Waals surface area contributed by atoms with Crippen molar-refractivity contribution in [1.82, 2.24) is 0 Å². The number of rotatable bonds is 5. The molecule has 0 aromatic heterocycles. The van der Waals surface area contributed by atoms with E-state index in [0.717, 1.165) is 11.4 Å². The molecule has 0 aliphatic rings. The van der Waals surface area contributed by atoms with Crippen molar-refractivity contribution >= 4 is 28.9 Å². The van der Waals surface area contributed by atoms with Crippen molar-refractivity contribution in [2.75, 3.05) is 30.9 Å². The summed E-state index contributed by atoms with van der Waals surface area (Å²) >= 11 is 6.10. The van der Waals surface area contributed by atoms with E-state index in [1.807, 2.05) is 50.2 Å². The van der Waals surface area contributed by atoms with E-state index in [4.69, 9.17) is 16.3 Å². The van der Waals surface area contributed by atoms with E-state index in [1.165, 1.54) is 0 Å². The minimum absolute atomic E-state index is 0.206. The van der Waals surface area contributed by atoms with Crippen LogP contribution in [0.1, 0.15) is 17.3 Å². The number of amides is 1. The number of ether oxygens (including phenoxy) is 1. The predicted octanol–water partition coefficient (Wildman–Crippen LogP) is 4.06. The maximum absolute atomic E-state index is 12.2. The molecule has 2 aromatic rings. The molecule has 5 heteroatoms. The van der Waals surface area contributed by atoms with E-state index in [0.29, 0.717) is 22.9 Å². The Bertz CT molecular complexity index is 654. The molecule has 0 atom stereocenters. The normalized spacial score (nSPS) is 10.2. The first-order valence-corrected chi connectivity index (χ1v) is 7.40. The zero-order valence-electron chi connectivity index (χ0n) is 12.9. The smallest absolute Gasteiger partial charge is 0.255 e. The van der Waals surface area contributed by atoms with Crippen LogP contribution in [0.25, 0.3) is 0 Å². The van der Waals surface area contributed by atoms with E-state index in [9.17, 15) is 4.79 Å². The highest BCUT2D eigenvalue weighted by Crippen LogP contribution is 2.26. The molecule has 0 aliphatic heterocycles. The minimum atomic E-state index is -0.206. The van der Waals surface area contributed by atoms with Crippen molar-refractivity contribution in [2.24, 2.45) is 0 Å². The Balaban J connectivity index is 2.10. The van der Waals surface area contributed by atoms with Gasteiger partial charge in [-0.15, -0.1) is 0 Å². The molecule has 0 saturated heterocycles. The molecule has 0 heterocycles. The van der Waals surface area contributed by atoms with E-state index in [1.54, 1.807) is 18.2 Å². The van der Waals surface area contributed by atoms with Gasteiger partial charge in [0.05, 0.1) is 11.6 Å². The molecule has 2 rings (SSSR count). The van der Waals surface area contributed by atoms with Gasteiger partial charge >= 0.3 is 0 Å². The maximum Gasteiger partial charge on any atom is 0.255 e. The second-order valence-corrected chi connectivity index (χ2v) is 5.38. The topological polar surface area (TPSA) is 41.6 Å². The van der Waals surface area contributed by atoms with Crippen LogP contribution in [-0.2, 0) is 0 Å². The van der Waals surface area contributed by atoms with Crippen LogP contribution in [0.5, 0.6) is 5.75 Å². The van der Waals surface area contributed by atoms with E-state index in [-0.39, 0.29) is 5.91 Å². The van der Waals surface area contributed by atoms with Crippen LogP contribution in [0.2, 0.25) is 5.02 Å². The Morgan fingerprint density at radius 2 is 1.86 bits per heavy atom. The number of carbonyl (C=O) groups is 1. The summed E-state index contributed by atoms with van der Waals surface area (Å²) < 4.78 is 5.36. The summed E-state index contributed by atoms with van der Waals surface area (Å²) in [6, 6.07) is 12.6. The Labute approximate surface area is 135 Å². The summed E-state index contributed by atoms with van der Waals surface area (Å²) in [4.78, 5) is 14.2. The number of hydrogen-bond donors (Lipinski definition) is 1. The van der Waals surface area contributed by atoms with Gasteiger partial charge < -0.3 is 15.0 Å². The fourth-order valence-corrected chi connectivity index (χ4v) is 2.20. The van der Waals surface area contributed by atoms with Gasteiger partial charge in [0.25, 0.3) is 5.91 Å². The SMILES string of the molecule is CCOc1ccc(C(=O)Nc2ccc(N(C)C)cc2)cc1Cl. The first kappa shape index (κ1) is 16.2. The van der Waals surface area contributed by atoms with Gasteiger partial charge in [-0.05, 0) is 49.4 Å². The largest absolute Gasteiger partial charge is 0.492 e.